The fourth-order valence-electron chi connectivity index (χ4n) is 3.86. The van der Waals surface area contributed by atoms with Gasteiger partial charge in [-0.1, -0.05) is 61.7 Å². The third-order valence-corrected chi connectivity index (χ3v) is 4.86. The quantitative estimate of drug-likeness (QED) is 0.888. The fourth-order valence-corrected chi connectivity index (χ4v) is 3.86. The third-order valence-electron chi connectivity index (χ3n) is 4.86. The van der Waals surface area contributed by atoms with Crippen LogP contribution in [0.25, 0.3) is 10.8 Å². The number of hydrogen-bond donors (Lipinski definition) is 1. The summed E-state index contributed by atoms with van der Waals surface area (Å²) in [6.07, 6.45) is 6.81. The Morgan fingerprint density at radius 2 is 1.76 bits per heavy atom. The van der Waals surface area contributed by atoms with Gasteiger partial charge in [-0.15, -0.1) is 0 Å². The number of hydrogen-bond acceptors (Lipinski definition) is 1. The largest absolute Gasteiger partial charge is 0.370 e. The molecule has 1 aliphatic rings. The molecule has 2 heteroatoms. The van der Waals surface area contributed by atoms with E-state index in [1.165, 1.54) is 48.4 Å². The average Bonchev–Trinajstić information content (AvgIpc) is 2.53. The number of fused-ring (bicyclic) bond motifs is 1. The van der Waals surface area contributed by atoms with Crippen LogP contribution in [0.15, 0.2) is 42.5 Å². The molecule has 0 aliphatic heterocycles. The number of rotatable bonds is 4. The highest BCUT2D eigenvalue weighted by Gasteiger charge is 2.27. The lowest BCUT2D eigenvalue weighted by molar-refractivity contribution is -0.118. The van der Waals surface area contributed by atoms with Gasteiger partial charge in [0.05, 0.1) is 0 Å². The van der Waals surface area contributed by atoms with Gasteiger partial charge in [-0.3, -0.25) is 4.79 Å². The van der Waals surface area contributed by atoms with Crippen LogP contribution < -0.4 is 5.73 Å². The van der Waals surface area contributed by atoms with E-state index in [-0.39, 0.29) is 11.8 Å². The first-order valence-corrected chi connectivity index (χ1v) is 8.01. The van der Waals surface area contributed by atoms with Gasteiger partial charge in [0.25, 0.3) is 0 Å². The van der Waals surface area contributed by atoms with E-state index in [9.17, 15) is 4.79 Å². The van der Waals surface area contributed by atoms with Crippen molar-refractivity contribution in [3.63, 3.8) is 0 Å². The van der Waals surface area contributed by atoms with Crippen molar-refractivity contribution in [2.24, 2.45) is 11.7 Å². The zero-order chi connectivity index (χ0) is 14.7. The Hall–Kier alpha value is -1.83. The molecule has 0 saturated heterocycles. The molecule has 1 saturated carbocycles. The molecule has 0 heterocycles. The van der Waals surface area contributed by atoms with Crippen molar-refractivity contribution < 1.29 is 4.79 Å². The van der Waals surface area contributed by atoms with Gasteiger partial charge in [0.1, 0.15) is 0 Å². The van der Waals surface area contributed by atoms with Gasteiger partial charge in [0.2, 0.25) is 5.91 Å². The van der Waals surface area contributed by atoms with Crippen molar-refractivity contribution in [2.45, 2.75) is 44.4 Å². The Balaban J connectivity index is 2.02. The summed E-state index contributed by atoms with van der Waals surface area (Å²) in [6.45, 7) is 0. The van der Waals surface area contributed by atoms with Crippen molar-refractivity contribution in [3.8, 4) is 0 Å². The van der Waals surface area contributed by atoms with Crippen molar-refractivity contribution in [1.29, 1.82) is 0 Å². The maximum absolute atomic E-state index is 11.6. The summed E-state index contributed by atoms with van der Waals surface area (Å²) < 4.78 is 0. The molecule has 21 heavy (non-hydrogen) atoms. The first-order chi connectivity index (χ1) is 10.3. The molecule has 1 fully saturated rings. The first kappa shape index (κ1) is 14.1. The maximum Gasteiger partial charge on any atom is 0.218 e. The van der Waals surface area contributed by atoms with Crippen LogP contribution in [-0.2, 0) is 4.79 Å². The Morgan fingerprint density at radius 3 is 2.52 bits per heavy atom. The highest BCUT2D eigenvalue weighted by Crippen LogP contribution is 2.40. The van der Waals surface area contributed by atoms with Gasteiger partial charge in [0, 0.05) is 6.42 Å². The predicted octanol–water partition coefficient (Wildman–Crippen LogP) is 4.38. The van der Waals surface area contributed by atoms with Crippen LogP contribution in [0.2, 0.25) is 0 Å². The van der Waals surface area contributed by atoms with Crippen molar-refractivity contribution in [3.05, 3.63) is 48.0 Å². The van der Waals surface area contributed by atoms with Crippen LogP contribution in [-0.4, -0.2) is 5.91 Å². The lowest BCUT2D eigenvalue weighted by Crippen LogP contribution is -2.23. The van der Waals surface area contributed by atoms with Crippen molar-refractivity contribution >= 4 is 16.7 Å². The zero-order valence-electron chi connectivity index (χ0n) is 12.4. The molecule has 1 unspecified atom stereocenters. The maximum atomic E-state index is 11.6. The van der Waals surface area contributed by atoms with E-state index in [1.54, 1.807) is 0 Å². The highest BCUT2D eigenvalue weighted by atomic mass is 16.1. The number of carbonyl (C=O) groups excluding carboxylic acids is 1. The monoisotopic (exact) mass is 281 g/mol. The number of primary amides is 1. The molecule has 0 aromatic heterocycles. The van der Waals surface area contributed by atoms with E-state index >= 15 is 0 Å². The lowest BCUT2D eigenvalue weighted by Gasteiger charge is -2.30. The topological polar surface area (TPSA) is 43.1 Å². The number of nitrogens with two attached hydrogens (primary N) is 1. The summed E-state index contributed by atoms with van der Waals surface area (Å²) >= 11 is 0. The van der Waals surface area contributed by atoms with Gasteiger partial charge >= 0.3 is 0 Å². The van der Waals surface area contributed by atoms with Gasteiger partial charge < -0.3 is 5.73 Å². The second kappa shape index (κ2) is 6.30. The highest BCUT2D eigenvalue weighted by molar-refractivity contribution is 5.87. The minimum Gasteiger partial charge on any atom is -0.370 e. The molecule has 110 valence electrons. The van der Waals surface area contributed by atoms with E-state index in [2.05, 4.69) is 42.5 Å². The van der Waals surface area contributed by atoms with Crippen LogP contribution >= 0.6 is 0 Å². The standard InChI is InChI=1S/C19H23NO/c20-19(21)13-18(15-7-2-1-3-8-15)17-12-6-10-14-9-4-5-11-16(14)17/h4-6,9-12,15,18H,1-3,7-8,13H2,(H2,20,21). The van der Waals surface area contributed by atoms with Gasteiger partial charge in [0.15, 0.2) is 0 Å². The minimum absolute atomic E-state index is 0.182. The van der Waals surface area contributed by atoms with E-state index in [0.29, 0.717) is 12.3 Å². The molecule has 0 radical (unpaired) electrons. The molecular formula is C19H23NO. The predicted molar refractivity (Wildman–Crippen MR) is 87.1 cm³/mol. The SMILES string of the molecule is NC(=O)CC(c1cccc2ccccc12)C1CCCCC1. The molecule has 2 nitrogen and oxygen atoms in total. The van der Waals surface area contributed by atoms with Gasteiger partial charge in [-0.2, -0.15) is 0 Å². The van der Waals surface area contributed by atoms with Gasteiger partial charge in [-0.25, -0.2) is 0 Å². The Morgan fingerprint density at radius 1 is 1.05 bits per heavy atom. The molecule has 0 bridgehead atoms. The summed E-state index contributed by atoms with van der Waals surface area (Å²) in [6, 6.07) is 14.9. The number of benzene rings is 2. The molecule has 2 aromatic carbocycles. The van der Waals surface area contributed by atoms with E-state index in [0.717, 1.165) is 0 Å². The van der Waals surface area contributed by atoms with Crippen molar-refractivity contribution in [1.82, 2.24) is 0 Å². The fraction of sp³-hybridized carbons (Fsp3) is 0.421. The molecular weight excluding hydrogens is 258 g/mol. The van der Waals surface area contributed by atoms with Crippen LogP contribution in [0.3, 0.4) is 0 Å². The lowest BCUT2D eigenvalue weighted by atomic mass is 9.74. The summed E-state index contributed by atoms with van der Waals surface area (Å²) in [5.74, 6) is 0.685. The third kappa shape index (κ3) is 3.10. The van der Waals surface area contributed by atoms with E-state index < -0.39 is 0 Å². The minimum atomic E-state index is -0.182. The molecule has 2 N–H and O–H groups in total. The Kier molecular flexibility index (Phi) is 4.23. The second-order valence-corrected chi connectivity index (χ2v) is 6.24. The molecule has 3 rings (SSSR count). The molecule has 1 amide bonds. The Labute approximate surface area is 126 Å². The van der Waals surface area contributed by atoms with Crippen LogP contribution in [0, 0.1) is 5.92 Å². The molecule has 2 aromatic rings. The summed E-state index contributed by atoms with van der Waals surface area (Å²) in [7, 11) is 0. The smallest absolute Gasteiger partial charge is 0.218 e. The summed E-state index contributed by atoms with van der Waals surface area (Å²) in [5, 5.41) is 2.53. The number of amides is 1. The van der Waals surface area contributed by atoms with E-state index in [4.69, 9.17) is 5.73 Å². The molecule has 0 spiro atoms. The van der Waals surface area contributed by atoms with Crippen LogP contribution in [0.1, 0.15) is 50.0 Å². The first-order valence-electron chi connectivity index (χ1n) is 8.01. The van der Waals surface area contributed by atoms with Crippen molar-refractivity contribution in [2.75, 3.05) is 0 Å². The van der Waals surface area contributed by atoms with Crippen LogP contribution in [0.5, 0.6) is 0 Å². The second-order valence-electron chi connectivity index (χ2n) is 6.24. The molecule has 1 atom stereocenters. The average molecular weight is 281 g/mol. The number of carbonyl (C=O) groups is 1. The van der Waals surface area contributed by atoms with Crippen LogP contribution in [0.4, 0.5) is 0 Å². The van der Waals surface area contributed by atoms with E-state index in [1.807, 2.05) is 0 Å². The Bertz CT molecular complexity index is 623. The normalized spacial score (nSPS) is 17.7. The molecule has 1 aliphatic carbocycles. The van der Waals surface area contributed by atoms with Gasteiger partial charge in [-0.05, 0) is 41.0 Å². The summed E-state index contributed by atoms with van der Waals surface area (Å²) in [5.41, 5.74) is 6.85. The summed E-state index contributed by atoms with van der Waals surface area (Å²) in [4.78, 5) is 11.6. The zero-order valence-corrected chi connectivity index (χ0v) is 12.4.